The van der Waals surface area contributed by atoms with E-state index >= 15 is 0 Å². The molecule has 5 heteroatoms. The number of nitrogens with zero attached hydrogens (tertiary/aromatic N) is 1. The van der Waals surface area contributed by atoms with Gasteiger partial charge in [0.05, 0.1) is 21.1 Å². The molecule has 0 aliphatic heterocycles. The number of carboxylic acids is 1. The number of aliphatic carboxylic acids is 1. The van der Waals surface area contributed by atoms with Gasteiger partial charge in [0.15, 0.2) is 6.10 Å². The number of carboxylic acid groups (broad SMARTS) is 1. The van der Waals surface area contributed by atoms with E-state index in [0.717, 1.165) is 19.3 Å². The molecule has 0 saturated carbocycles. The Labute approximate surface area is 205 Å². The molecule has 0 N–H and O–H groups in total. The number of carbonyl (C=O) groups excluding carboxylic acids is 2. The predicted octanol–water partition coefficient (Wildman–Crippen LogP) is 6.18. The van der Waals surface area contributed by atoms with Gasteiger partial charge < -0.3 is 19.1 Å². The fraction of sp³-hybridized carbons (Fsp3) is 0.929. The highest BCUT2D eigenvalue weighted by atomic mass is 16.5. The lowest BCUT2D eigenvalue weighted by Crippen LogP contribution is -2.45. The van der Waals surface area contributed by atoms with Crippen molar-refractivity contribution in [1.29, 1.82) is 0 Å². The van der Waals surface area contributed by atoms with Crippen LogP contribution in [0.4, 0.5) is 0 Å². The van der Waals surface area contributed by atoms with Gasteiger partial charge in [0.25, 0.3) is 0 Å². The normalized spacial score (nSPS) is 12.6. The van der Waals surface area contributed by atoms with Crippen LogP contribution in [0.1, 0.15) is 135 Å². The van der Waals surface area contributed by atoms with Gasteiger partial charge in [-0.1, -0.05) is 116 Å². The van der Waals surface area contributed by atoms with E-state index in [1.807, 2.05) is 21.1 Å². The maximum atomic E-state index is 12.1. The van der Waals surface area contributed by atoms with Crippen molar-refractivity contribution in [3.63, 3.8) is 0 Å². The third kappa shape index (κ3) is 25.4. The average molecular weight is 470 g/mol. The molecule has 0 fully saturated rings. The molecule has 0 radical (unpaired) electrons. The van der Waals surface area contributed by atoms with Crippen LogP contribution in [-0.2, 0) is 14.3 Å². The first-order valence-corrected chi connectivity index (χ1v) is 13.9. The van der Waals surface area contributed by atoms with E-state index in [4.69, 9.17) is 4.74 Å². The SMILES string of the molecule is CCCCCCCCCCCCCCCCCCCCC(=O)OC(CC(=O)[O-])C[N+](C)(C)C. The van der Waals surface area contributed by atoms with Crippen LogP contribution >= 0.6 is 0 Å². The Morgan fingerprint density at radius 2 is 1.03 bits per heavy atom. The van der Waals surface area contributed by atoms with Gasteiger partial charge in [0.2, 0.25) is 0 Å². The summed E-state index contributed by atoms with van der Waals surface area (Å²) in [7, 11) is 5.86. The summed E-state index contributed by atoms with van der Waals surface area (Å²) in [4.78, 5) is 23.0. The minimum Gasteiger partial charge on any atom is -0.550 e. The molecule has 0 aliphatic carbocycles. The zero-order chi connectivity index (χ0) is 24.8. The van der Waals surface area contributed by atoms with Gasteiger partial charge in [0, 0.05) is 18.8 Å². The zero-order valence-electron chi connectivity index (χ0n) is 22.5. The van der Waals surface area contributed by atoms with Gasteiger partial charge in [0.1, 0.15) is 6.54 Å². The molecular formula is C28H55NO4. The molecule has 1 unspecified atom stereocenters. The monoisotopic (exact) mass is 469 g/mol. The maximum Gasteiger partial charge on any atom is 0.306 e. The average Bonchev–Trinajstić information content (AvgIpc) is 2.71. The van der Waals surface area contributed by atoms with Crippen molar-refractivity contribution in [3.05, 3.63) is 0 Å². The summed E-state index contributed by atoms with van der Waals surface area (Å²) in [6.07, 6.45) is 23.2. The van der Waals surface area contributed by atoms with Gasteiger partial charge in [-0.3, -0.25) is 4.79 Å². The second kappa shape index (κ2) is 21.4. The summed E-state index contributed by atoms with van der Waals surface area (Å²) in [6, 6.07) is 0. The third-order valence-corrected chi connectivity index (χ3v) is 6.18. The molecule has 196 valence electrons. The molecule has 0 bridgehead atoms. The Bertz CT molecular complexity index is 473. The number of quaternary nitrogens is 1. The second-order valence-electron chi connectivity index (χ2n) is 10.9. The molecule has 5 nitrogen and oxygen atoms in total. The van der Waals surface area contributed by atoms with Crippen LogP contribution in [0.2, 0.25) is 0 Å². The van der Waals surface area contributed by atoms with Crippen LogP contribution in [0.15, 0.2) is 0 Å². The minimum absolute atomic E-state index is 0.236. The second-order valence-corrected chi connectivity index (χ2v) is 10.9. The first kappa shape index (κ1) is 31.9. The fourth-order valence-corrected chi connectivity index (χ4v) is 4.36. The number of hydrogen-bond acceptors (Lipinski definition) is 4. The van der Waals surface area contributed by atoms with Crippen molar-refractivity contribution in [2.45, 2.75) is 141 Å². The molecule has 0 heterocycles. The first-order valence-electron chi connectivity index (χ1n) is 13.9. The number of ether oxygens (including phenoxy) is 1. The zero-order valence-corrected chi connectivity index (χ0v) is 22.5. The molecule has 0 rings (SSSR count). The predicted molar refractivity (Wildman–Crippen MR) is 136 cm³/mol. The molecule has 0 amide bonds. The molecule has 1 atom stereocenters. The van der Waals surface area contributed by atoms with Crippen molar-refractivity contribution < 1.29 is 23.9 Å². The van der Waals surface area contributed by atoms with E-state index in [9.17, 15) is 14.7 Å². The molecular weight excluding hydrogens is 414 g/mol. The maximum absolute atomic E-state index is 12.1. The lowest BCUT2D eigenvalue weighted by Gasteiger charge is -2.29. The Balaban J connectivity index is 3.47. The summed E-state index contributed by atoms with van der Waals surface area (Å²) in [5.41, 5.74) is 0. The topological polar surface area (TPSA) is 66.4 Å². The van der Waals surface area contributed by atoms with Gasteiger partial charge in [-0.05, 0) is 6.42 Å². The molecule has 0 spiro atoms. The van der Waals surface area contributed by atoms with E-state index in [1.165, 1.54) is 96.3 Å². The Morgan fingerprint density at radius 3 is 1.36 bits per heavy atom. The van der Waals surface area contributed by atoms with Crippen molar-refractivity contribution in [3.8, 4) is 0 Å². The fourth-order valence-electron chi connectivity index (χ4n) is 4.36. The standard InChI is InChI=1S/C28H55NO4/c1-5-6-7-8-9-10-11-12-13-14-15-16-17-18-19-20-21-22-23-28(32)33-26(24-27(30)31)25-29(2,3)4/h26H,5-25H2,1-4H3. The van der Waals surface area contributed by atoms with Crippen molar-refractivity contribution in [1.82, 2.24) is 0 Å². The molecule has 33 heavy (non-hydrogen) atoms. The number of rotatable bonds is 24. The largest absolute Gasteiger partial charge is 0.550 e. The number of unbranched alkanes of at least 4 members (excludes halogenated alkanes) is 17. The van der Waals surface area contributed by atoms with E-state index < -0.39 is 12.1 Å². The van der Waals surface area contributed by atoms with Gasteiger partial charge in [-0.25, -0.2) is 0 Å². The van der Waals surface area contributed by atoms with Crippen LogP contribution in [0.25, 0.3) is 0 Å². The quantitative estimate of drug-likeness (QED) is 0.0962. The van der Waals surface area contributed by atoms with Crippen molar-refractivity contribution in [2.75, 3.05) is 27.7 Å². The van der Waals surface area contributed by atoms with Gasteiger partial charge in [-0.15, -0.1) is 0 Å². The Hall–Kier alpha value is -1.10. The van der Waals surface area contributed by atoms with Crippen molar-refractivity contribution >= 4 is 11.9 Å². The Morgan fingerprint density at radius 1 is 0.667 bits per heavy atom. The van der Waals surface area contributed by atoms with Crippen LogP contribution in [0.3, 0.4) is 0 Å². The molecule has 0 aliphatic rings. The summed E-state index contributed by atoms with van der Waals surface area (Å²) >= 11 is 0. The molecule has 0 aromatic carbocycles. The highest BCUT2D eigenvalue weighted by Gasteiger charge is 2.22. The number of likely N-dealkylation sites (N-methyl/N-ethyl adjacent to an activating group) is 1. The minimum atomic E-state index is -1.17. The van der Waals surface area contributed by atoms with Crippen LogP contribution in [0, 0.1) is 0 Å². The third-order valence-electron chi connectivity index (χ3n) is 6.18. The van der Waals surface area contributed by atoms with Crippen LogP contribution in [0.5, 0.6) is 0 Å². The van der Waals surface area contributed by atoms with E-state index in [0.29, 0.717) is 17.4 Å². The molecule has 0 aromatic rings. The number of esters is 1. The summed E-state index contributed by atoms with van der Waals surface area (Å²) in [6.45, 7) is 2.75. The van der Waals surface area contributed by atoms with Gasteiger partial charge >= 0.3 is 5.97 Å². The molecule has 0 aromatic heterocycles. The van der Waals surface area contributed by atoms with Gasteiger partial charge in [-0.2, -0.15) is 0 Å². The highest BCUT2D eigenvalue weighted by molar-refractivity contribution is 5.70. The van der Waals surface area contributed by atoms with Crippen LogP contribution in [-0.4, -0.2) is 50.2 Å². The Kier molecular flexibility index (Phi) is 20.7. The highest BCUT2D eigenvalue weighted by Crippen LogP contribution is 2.15. The first-order chi connectivity index (χ1) is 15.7. The van der Waals surface area contributed by atoms with Crippen LogP contribution < -0.4 is 5.11 Å². The smallest absolute Gasteiger partial charge is 0.306 e. The lowest BCUT2D eigenvalue weighted by molar-refractivity contribution is -0.873. The summed E-state index contributed by atoms with van der Waals surface area (Å²) < 4.78 is 5.94. The van der Waals surface area contributed by atoms with E-state index in [1.54, 1.807) is 0 Å². The number of hydrogen-bond donors (Lipinski definition) is 0. The lowest BCUT2D eigenvalue weighted by atomic mass is 10.0. The van der Waals surface area contributed by atoms with E-state index in [2.05, 4.69) is 6.92 Å². The summed E-state index contributed by atoms with van der Waals surface area (Å²) in [5.74, 6) is -1.46. The molecule has 0 saturated heterocycles. The van der Waals surface area contributed by atoms with E-state index in [-0.39, 0.29) is 12.4 Å². The summed E-state index contributed by atoms with van der Waals surface area (Å²) in [5, 5.41) is 10.9. The van der Waals surface area contributed by atoms with Crippen molar-refractivity contribution in [2.24, 2.45) is 0 Å². The number of carbonyl (C=O) groups is 2.